The highest BCUT2D eigenvalue weighted by Gasteiger charge is 2.24. The van der Waals surface area contributed by atoms with E-state index in [1.54, 1.807) is 18.2 Å². The fourth-order valence-corrected chi connectivity index (χ4v) is 3.34. The van der Waals surface area contributed by atoms with Crippen molar-refractivity contribution in [3.8, 4) is 0 Å². The van der Waals surface area contributed by atoms with E-state index in [0.29, 0.717) is 11.5 Å². The van der Waals surface area contributed by atoms with Crippen LogP contribution < -0.4 is 11.1 Å². The number of carbonyl (C=O) groups is 3. The van der Waals surface area contributed by atoms with Crippen molar-refractivity contribution in [3.05, 3.63) is 114 Å². The molecular weight excluding hydrogens is 508 g/mol. The highest BCUT2D eigenvalue weighted by Crippen LogP contribution is 2.17. The van der Waals surface area contributed by atoms with Gasteiger partial charge in [-0.05, 0) is 39.0 Å². The van der Waals surface area contributed by atoms with Gasteiger partial charge in [0.2, 0.25) is 17.7 Å². The Morgan fingerprint density at radius 2 is 1.73 bits per heavy atom. The van der Waals surface area contributed by atoms with Crippen LogP contribution in [0.15, 0.2) is 113 Å². The van der Waals surface area contributed by atoms with Gasteiger partial charge in [-0.25, -0.2) is 9.79 Å². The van der Waals surface area contributed by atoms with Gasteiger partial charge >= 0.3 is 5.97 Å². The van der Waals surface area contributed by atoms with Crippen LogP contribution in [0.5, 0.6) is 0 Å². The number of aliphatic carboxylic acids is 1. The van der Waals surface area contributed by atoms with Crippen molar-refractivity contribution in [1.29, 1.82) is 0 Å². The molecule has 0 aliphatic carbocycles. The Kier molecular flexibility index (Phi) is 13.2. The van der Waals surface area contributed by atoms with Crippen LogP contribution in [0.3, 0.4) is 0 Å². The molecule has 210 valence electrons. The number of nitrogens with zero attached hydrogens (tertiary/aromatic N) is 1. The van der Waals surface area contributed by atoms with Gasteiger partial charge in [0.15, 0.2) is 0 Å². The Hall–Kier alpha value is -4.92. The van der Waals surface area contributed by atoms with Gasteiger partial charge in [-0.15, -0.1) is 0 Å². The van der Waals surface area contributed by atoms with E-state index in [4.69, 9.17) is 15.6 Å². The van der Waals surface area contributed by atoms with Gasteiger partial charge in [-0.1, -0.05) is 78.5 Å². The van der Waals surface area contributed by atoms with Crippen molar-refractivity contribution in [2.45, 2.75) is 45.4 Å². The second-order valence-electron chi connectivity index (χ2n) is 8.93. The van der Waals surface area contributed by atoms with Crippen LogP contribution in [-0.4, -0.2) is 52.0 Å². The van der Waals surface area contributed by atoms with Crippen LogP contribution in [-0.2, 0) is 19.1 Å². The molecule has 3 unspecified atom stereocenters. The van der Waals surface area contributed by atoms with Crippen molar-refractivity contribution in [3.63, 3.8) is 0 Å². The number of carboxylic acid groups (broad SMARTS) is 1. The van der Waals surface area contributed by atoms with E-state index < -0.39 is 30.2 Å². The van der Waals surface area contributed by atoms with Gasteiger partial charge in [0.25, 0.3) is 0 Å². The number of carboxylic acids is 1. The summed E-state index contributed by atoms with van der Waals surface area (Å²) >= 11 is 0. The third kappa shape index (κ3) is 12.1. The molecule has 1 aliphatic heterocycles. The van der Waals surface area contributed by atoms with Crippen LogP contribution in [0.25, 0.3) is 6.08 Å². The van der Waals surface area contributed by atoms with Gasteiger partial charge < -0.3 is 25.9 Å². The molecule has 0 fully saturated rings. The Bertz CT molecular complexity index is 1290. The first-order valence-electron chi connectivity index (χ1n) is 12.7. The molecule has 2 amide bonds. The van der Waals surface area contributed by atoms with Crippen LogP contribution in [0.2, 0.25) is 0 Å². The zero-order chi connectivity index (χ0) is 29.3. The van der Waals surface area contributed by atoms with Crippen LogP contribution in [0.4, 0.5) is 0 Å². The number of allylic oxidation sites excluding steroid dienone is 12. The summed E-state index contributed by atoms with van der Waals surface area (Å²) in [7, 11) is 0. The SMILES string of the molecule is CC(C=CC=CC=CC=CC=CC=C(C)C(=O)NC(CC(N)=O)C(=O)O)=CC1N=C(C=Cc2ccc[nH]2)OC1C. The molecule has 2 rings (SSSR count). The standard InChI is InChI=1S/C31H36N4O5/c1-22(20-26-24(3)40-29(34-26)18-17-25-16-13-19-33-25)14-11-9-7-5-4-6-8-10-12-15-23(2)30(37)35-27(31(38)39)21-28(32)36/h4-20,24,26-27,33H,21H2,1-3H3,(H2,32,36)(H,35,37)(H,38,39). The van der Waals surface area contributed by atoms with Gasteiger partial charge in [0.1, 0.15) is 18.2 Å². The molecule has 0 spiro atoms. The van der Waals surface area contributed by atoms with Crippen molar-refractivity contribution in [1.82, 2.24) is 10.3 Å². The van der Waals surface area contributed by atoms with E-state index in [2.05, 4.69) is 21.4 Å². The Morgan fingerprint density at radius 3 is 2.33 bits per heavy atom. The summed E-state index contributed by atoms with van der Waals surface area (Å²) in [5, 5.41) is 11.3. The topological polar surface area (TPSA) is 147 Å². The van der Waals surface area contributed by atoms with Crippen LogP contribution >= 0.6 is 0 Å². The molecule has 9 nitrogen and oxygen atoms in total. The van der Waals surface area contributed by atoms with Crippen molar-refractivity contribution >= 4 is 29.8 Å². The van der Waals surface area contributed by atoms with E-state index in [-0.39, 0.29) is 12.1 Å². The zero-order valence-electron chi connectivity index (χ0n) is 22.9. The first-order valence-corrected chi connectivity index (χ1v) is 12.7. The first kappa shape index (κ1) is 31.3. The molecule has 2 heterocycles. The molecule has 1 aromatic heterocycles. The summed E-state index contributed by atoms with van der Waals surface area (Å²) in [6.45, 7) is 5.57. The normalized spacial score (nSPS) is 19.4. The summed E-state index contributed by atoms with van der Waals surface area (Å²) in [6.07, 6.45) is 27.3. The number of carbonyl (C=O) groups excluding carboxylic acids is 2. The number of hydrogen-bond donors (Lipinski definition) is 4. The summed E-state index contributed by atoms with van der Waals surface area (Å²) < 4.78 is 5.82. The van der Waals surface area contributed by atoms with Gasteiger partial charge in [-0.3, -0.25) is 9.59 Å². The highest BCUT2D eigenvalue weighted by atomic mass is 16.5. The molecule has 0 bridgehead atoms. The van der Waals surface area contributed by atoms with Crippen molar-refractivity contribution in [2.75, 3.05) is 0 Å². The molecule has 3 atom stereocenters. The van der Waals surface area contributed by atoms with Gasteiger partial charge in [0.05, 0.1) is 6.42 Å². The quantitative estimate of drug-likeness (QED) is 0.203. The average molecular weight is 545 g/mol. The smallest absolute Gasteiger partial charge is 0.326 e. The predicted molar refractivity (Wildman–Crippen MR) is 158 cm³/mol. The molecule has 9 heteroatoms. The van der Waals surface area contributed by atoms with E-state index in [9.17, 15) is 14.4 Å². The van der Waals surface area contributed by atoms with Crippen LogP contribution in [0.1, 0.15) is 32.9 Å². The second-order valence-corrected chi connectivity index (χ2v) is 8.93. The van der Waals surface area contributed by atoms with Crippen molar-refractivity contribution < 1.29 is 24.2 Å². The fraction of sp³-hybridized carbons (Fsp3) is 0.226. The number of aliphatic imine (C=N–C) groups is 1. The summed E-state index contributed by atoms with van der Waals surface area (Å²) in [6, 6.07) is 2.52. The molecule has 1 aromatic rings. The second kappa shape index (κ2) is 16.8. The van der Waals surface area contributed by atoms with Gasteiger partial charge in [0, 0.05) is 23.5 Å². The van der Waals surface area contributed by atoms with E-state index in [1.807, 2.05) is 86.9 Å². The molecule has 0 aromatic carbocycles. The lowest BCUT2D eigenvalue weighted by atomic mass is 10.1. The number of rotatable bonds is 14. The Balaban J connectivity index is 1.76. The molecule has 1 aliphatic rings. The molecule has 0 radical (unpaired) electrons. The minimum absolute atomic E-state index is 0.0277. The minimum Gasteiger partial charge on any atom is -0.480 e. The van der Waals surface area contributed by atoms with E-state index in [0.717, 1.165) is 11.3 Å². The lowest BCUT2D eigenvalue weighted by molar-refractivity contribution is -0.142. The monoisotopic (exact) mass is 544 g/mol. The summed E-state index contributed by atoms with van der Waals surface area (Å²) in [5.41, 5.74) is 7.38. The summed E-state index contributed by atoms with van der Waals surface area (Å²) in [4.78, 5) is 41.8. The lowest BCUT2D eigenvalue weighted by Crippen LogP contribution is -2.43. The predicted octanol–water partition coefficient (Wildman–Crippen LogP) is 4.33. The van der Waals surface area contributed by atoms with E-state index in [1.165, 1.54) is 13.0 Å². The highest BCUT2D eigenvalue weighted by molar-refractivity contribution is 5.96. The first-order chi connectivity index (χ1) is 19.2. The molecule has 40 heavy (non-hydrogen) atoms. The van der Waals surface area contributed by atoms with Gasteiger partial charge in [-0.2, -0.15) is 0 Å². The fourth-order valence-electron chi connectivity index (χ4n) is 3.34. The number of nitrogens with one attached hydrogen (secondary N) is 2. The maximum atomic E-state index is 12.1. The number of hydrogen-bond acceptors (Lipinski definition) is 5. The molecule has 0 saturated heterocycles. The number of aromatic nitrogens is 1. The summed E-state index contributed by atoms with van der Waals surface area (Å²) in [5.74, 6) is -2.10. The molecule has 5 N–H and O–H groups in total. The Labute approximate surface area is 234 Å². The number of H-pyrrole nitrogens is 1. The Morgan fingerprint density at radius 1 is 1.07 bits per heavy atom. The maximum Gasteiger partial charge on any atom is 0.326 e. The van der Waals surface area contributed by atoms with Crippen LogP contribution in [0, 0.1) is 0 Å². The largest absolute Gasteiger partial charge is 0.480 e. The number of ether oxygens (including phenoxy) is 1. The minimum atomic E-state index is -1.36. The number of primary amides is 1. The zero-order valence-corrected chi connectivity index (χ0v) is 22.9. The third-order valence-corrected chi connectivity index (χ3v) is 5.49. The lowest BCUT2D eigenvalue weighted by Gasteiger charge is -2.12. The molecular formula is C31H36N4O5. The number of aromatic amines is 1. The van der Waals surface area contributed by atoms with E-state index >= 15 is 0 Å². The third-order valence-electron chi connectivity index (χ3n) is 5.49. The number of amides is 2. The average Bonchev–Trinajstić information content (AvgIpc) is 3.54. The van der Waals surface area contributed by atoms with Crippen molar-refractivity contribution in [2.24, 2.45) is 10.7 Å². The molecule has 0 saturated carbocycles. The maximum absolute atomic E-state index is 12.1. The number of nitrogens with two attached hydrogens (primary N) is 1.